The minimum absolute atomic E-state index is 0.297. The maximum atomic E-state index is 10.5. The highest BCUT2D eigenvalue weighted by molar-refractivity contribution is 5.84. The van der Waals surface area contributed by atoms with Gasteiger partial charge in [0, 0.05) is 0 Å². The van der Waals surface area contributed by atoms with Gasteiger partial charge >= 0.3 is 6.09 Å². The molecule has 0 heterocycles. The molecule has 1 amide bonds. The van der Waals surface area contributed by atoms with Gasteiger partial charge in [0.05, 0.1) is 0 Å². The molecule has 0 saturated carbocycles. The highest BCUT2D eigenvalue weighted by Crippen LogP contribution is 1.93. The van der Waals surface area contributed by atoms with Crippen LogP contribution in [0, 0.1) is 0 Å². The Kier molecular flexibility index (Phi) is 3.17. The highest BCUT2D eigenvalue weighted by Gasteiger charge is 2.12. The number of hydrogen-bond donors (Lipinski definition) is 1. The minimum Gasteiger partial charge on any atom is -0.434 e. The number of amides is 1. The van der Waals surface area contributed by atoms with E-state index >= 15 is 0 Å². The van der Waals surface area contributed by atoms with E-state index in [1.54, 1.807) is 0 Å². The molecular weight excluding hydrogens is 134 g/mol. The first-order valence-corrected chi connectivity index (χ1v) is 2.67. The number of Topliss-reactive ketones (excluding diaryl/α,β-unsaturated/α-hetero) is 1. The molecule has 0 aliphatic carbocycles. The van der Waals surface area contributed by atoms with E-state index in [0.29, 0.717) is 0 Å². The summed E-state index contributed by atoms with van der Waals surface area (Å²) in [4.78, 5) is 20.6. The van der Waals surface area contributed by atoms with Crippen LogP contribution in [0.25, 0.3) is 0 Å². The summed E-state index contributed by atoms with van der Waals surface area (Å²) < 4.78 is 4.33. The third-order valence-electron chi connectivity index (χ3n) is 0.858. The Labute approximate surface area is 58.7 Å². The molecule has 56 valence electrons. The van der Waals surface area contributed by atoms with E-state index in [0.717, 1.165) is 0 Å². The Hall–Kier alpha value is -1.32. The van der Waals surface area contributed by atoms with Crippen molar-refractivity contribution in [3.05, 3.63) is 12.7 Å². The van der Waals surface area contributed by atoms with Crippen LogP contribution in [-0.4, -0.2) is 18.0 Å². The van der Waals surface area contributed by atoms with Crippen LogP contribution < -0.4 is 5.73 Å². The third kappa shape index (κ3) is 2.86. The summed E-state index contributed by atoms with van der Waals surface area (Å²) in [6.07, 6.45) is -0.662. The summed E-state index contributed by atoms with van der Waals surface area (Å²) in [5.74, 6) is -0.297. The van der Waals surface area contributed by atoms with Crippen molar-refractivity contribution in [3.8, 4) is 0 Å². The summed E-state index contributed by atoms with van der Waals surface area (Å²) in [5, 5.41) is 0. The van der Waals surface area contributed by atoms with Gasteiger partial charge in [0.15, 0.2) is 11.9 Å². The molecule has 0 aromatic carbocycles. The number of ketones is 1. The molecular formula is C6H9NO3. The zero-order chi connectivity index (χ0) is 8.15. The lowest BCUT2D eigenvalue weighted by Crippen LogP contribution is -2.26. The molecule has 4 nitrogen and oxygen atoms in total. The number of hydrogen-bond acceptors (Lipinski definition) is 3. The van der Waals surface area contributed by atoms with E-state index in [1.807, 2.05) is 0 Å². The second-order valence-corrected chi connectivity index (χ2v) is 1.70. The van der Waals surface area contributed by atoms with Crippen LogP contribution in [0.15, 0.2) is 12.7 Å². The molecule has 4 heteroatoms. The first-order chi connectivity index (χ1) is 4.57. The molecule has 10 heavy (non-hydrogen) atoms. The summed E-state index contributed by atoms with van der Waals surface area (Å²) in [6.45, 7) is 4.57. The quantitative estimate of drug-likeness (QED) is 0.575. The predicted octanol–water partition coefficient (Wildman–Crippen LogP) is 0.225. The number of primary amides is 1. The van der Waals surface area contributed by atoms with Crippen molar-refractivity contribution in [2.75, 3.05) is 0 Å². The van der Waals surface area contributed by atoms with Crippen molar-refractivity contribution in [1.29, 1.82) is 0 Å². The van der Waals surface area contributed by atoms with Gasteiger partial charge in [-0.25, -0.2) is 4.79 Å². The van der Waals surface area contributed by atoms with Crippen LogP contribution in [0.4, 0.5) is 4.79 Å². The maximum absolute atomic E-state index is 10.5. The van der Waals surface area contributed by atoms with E-state index < -0.39 is 12.2 Å². The third-order valence-corrected chi connectivity index (χ3v) is 0.858. The SMILES string of the molecule is C=C[C@H](OC(N)=O)C(C)=O. The van der Waals surface area contributed by atoms with Crippen LogP contribution in [0.3, 0.4) is 0 Å². The first-order valence-electron chi connectivity index (χ1n) is 2.67. The van der Waals surface area contributed by atoms with E-state index in [-0.39, 0.29) is 5.78 Å². The van der Waals surface area contributed by atoms with Crippen LogP contribution in [-0.2, 0) is 9.53 Å². The molecule has 0 aliphatic rings. The molecule has 0 bridgehead atoms. The lowest BCUT2D eigenvalue weighted by Gasteiger charge is -2.06. The lowest BCUT2D eigenvalue weighted by molar-refractivity contribution is -0.122. The van der Waals surface area contributed by atoms with Gasteiger partial charge in [-0.3, -0.25) is 4.79 Å². The highest BCUT2D eigenvalue weighted by atomic mass is 16.6. The molecule has 0 radical (unpaired) electrons. The normalized spacial score (nSPS) is 11.7. The van der Waals surface area contributed by atoms with Gasteiger partial charge in [-0.15, -0.1) is 0 Å². The second-order valence-electron chi connectivity index (χ2n) is 1.70. The fourth-order valence-electron chi connectivity index (χ4n) is 0.422. The van der Waals surface area contributed by atoms with Crippen molar-refractivity contribution in [2.24, 2.45) is 5.73 Å². The molecule has 2 N–H and O–H groups in total. The first kappa shape index (κ1) is 8.68. The Bertz CT molecular complexity index is 164. The van der Waals surface area contributed by atoms with Gasteiger partial charge in [0.1, 0.15) is 0 Å². The van der Waals surface area contributed by atoms with Crippen LogP contribution in [0.5, 0.6) is 0 Å². The van der Waals surface area contributed by atoms with Crippen LogP contribution >= 0.6 is 0 Å². The van der Waals surface area contributed by atoms with Gasteiger partial charge in [-0.1, -0.05) is 6.58 Å². The van der Waals surface area contributed by atoms with Crippen molar-refractivity contribution in [2.45, 2.75) is 13.0 Å². The smallest absolute Gasteiger partial charge is 0.405 e. The van der Waals surface area contributed by atoms with E-state index in [1.165, 1.54) is 13.0 Å². The van der Waals surface area contributed by atoms with E-state index in [2.05, 4.69) is 17.0 Å². The van der Waals surface area contributed by atoms with Gasteiger partial charge in [0.25, 0.3) is 0 Å². The fourth-order valence-corrected chi connectivity index (χ4v) is 0.422. The Morgan fingerprint density at radius 1 is 1.70 bits per heavy atom. The monoisotopic (exact) mass is 143 g/mol. The predicted molar refractivity (Wildman–Crippen MR) is 35.3 cm³/mol. The summed E-state index contributed by atoms with van der Waals surface area (Å²) in [5.41, 5.74) is 4.65. The minimum atomic E-state index is -0.972. The molecule has 0 aromatic heterocycles. The molecule has 0 unspecified atom stereocenters. The average molecular weight is 143 g/mol. The molecule has 0 rings (SSSR count). The molecule has 0 spiro atoms. The number of carbonyl (C=O) groups excluding carboxylic acids is 2. The van der Waals surface area contributed by atoms with Crippen LogP contribution in [0.1, 0.15) is 6.92 Å². The van der Waals surface area contributed by atoms with E-state index in [4.69, 9.17) is 0 Å². The van der Waals surface area contributed by atoms with Crippen molar-refractivity contribution in [1.82, 2.24) is 0 Å². The van der Waals surface area contributed by atoms with Crippen molar-refractivity contribution in [3.63, 3.8) is 0 Å². The van der Waals surface area contributed by atoms with Crippen molar-refractivity contribution < 1.29 is 14.3 Å². The van der Waals surface area contributed by atoms with E-state index in [9.17, 15) is 9.59 Å². The standard InChI is InChI=1S/C6H9NO3/c1-3-5(4(2)8)10-6(7)9/h3,5H,1H2,2H3,(H2,7,9)/t5-/m0/s1. The molecule has 0 aromatic rings. The Balaban J connectivity index is 3.96. The van der Waals surface area contributed by atoms with Gasteiger partial charge in [-0.2, -0.15) is 0 Å². The fraction of sp³-hybridized carbons (Fsp3) is 0.333. The Morgan fingerprint density at radius 3 is 2.30 bits per heavy atom. The summed E-state index contributed by atoms with van der Waals surface area (Å²) in [6, 6.07) is 0. The van der Waals surface area contributed by atoms with Crippen molar-refractivity contribution >= 4 is 11.9 Å². The largest absolute Gasteiger partial charge is 0.434 e. The van der Waals surface area contributed by atoms with Crippen LogP contribution in [0.2, 0.25) is 0 Å². The van der Waals surface area contributed by atoms with Gasteiger partial charge in [0.2, 0.25) is 0 Å². The zero-order valence-electron chi connectivity index (χ0n) is 5.66. The molecule has 0 aliphatic heterocycles. The lowest BCUT2D eigenvalue weighted by atomic mass is 10.2. The zero-order valence-corrected chi connectivity index (χ0v) is 5.66. The number of carbonyl (C=O) groups is 2. The van der Waals surface area contributed by atoms with Gasteiger partial charge < -0.3 is 10.5 Å². The average Bonchev–Trinajstić information content (AvgIpc) is 1.81. The maximum Gasteiger partial charge on any atom is 0.405 e. The summed E-state index contributed by atoms with van der Waals surface area (Å²) >= 11 is 0. The molecule has 0 saturated heterocycles. The number of nitrogens with two attached hydrogens (primary N) is 1. The molecule has 0 fully saturated rings. The topological polar surface area (TPSA) is 69.4 Å². The Morgan fingerprint density at radius 2 is 2.20 bits per heavy atom. The molecule has 1 atom stereocenters. The second kappa shape index (κ2) is 3.66. The number of ether oxygens (including phenoxy) is 1. The summed E-state index contributed by atoms with van der Waals surface area (Å²) in [7, 11) is 0. The van der Waals surface area contributed by atoms with Gasteiger partial charge in [-0.05, 0) is 13.0 Å². The number of rotatable bonds is 3.